The summed E-state index contributed by atoms with van der Waals surface area (Å²) in [4.78, 5) is 2.22. The minimum Gasteiger partial charge on any atom is -0.286 e. The van der Waals surface area contributed by atoms with Crippen molar-refractivity contribution in [3.63, 3.8) is 0 Å². The van der Waals surface area contributed by atoms with E-state index in [1.165, 1.54) is 36.8 Å². The maximum absolute atomic E-state index is 11.1. The van der Waals surface area contributed by atoms with Crippen molar-refractivity contribution in [2.75, 3.05) is 5.75 Å². The Balaban J connectivity index is 1.90. The standard InChI is InChI=1S/C28H35NO3S/c1-3-5-7-23-9-15-26(16-10-23)29(27-17-11-24(12-18-27)8-6-4-2)28-19-13-25(14-20-28)21-22-33(30,31)32/h9-20H,3-8,21-22H2,1-2H3,(H,30,31,32)/q+1. The Bertz CT molecular complexity index is 1040. The van der Waals surface area contributed by atoms with E-state index in [0.29, 0.717) is 0 Å². The van der Waals surface area contributed by atoms with Crippen LogP contribution in [-0.2, 0) is 29.4 Å². The molecule has 0 unspecified atom stereocenters. The Morgan fingerprint density at radius 2 is 0.939 bits per heavy atom. The van der Waals surface area contributed by atoms with E-state index in [-0.39, 0.29) is 12.2 Å². The number of hydrogen-bond donors (Lipinski definition) is 1. The molecule has 33 heavy (non-hydrogen) atoms. The molecule has 1 N–H and O–H groups in total. The zero-order valence-electron chi connectivity index (χ0n) is 19.7. The first-order valence-corrected chi connectivity index (χ1v) is 13.5. The van der Waals surface area contributed by atoms with Crippen LogP contribution in [0.1, 0.15) is 56.2 Å². The van der Waals surface area contributed by atoms with Gasteiger partial charge in [-0.2, -0.15) is 8.42 Å². The molecule has 0 saturated carbocycles. The van der Waals surface area contributed by atoms with Crippen LogP contribution >= 0.6 is 0 Å². The van der Waals surface area contributed by atoms with E-state index >= 15 is 0 Å². The molecule has 3 aromatic carbocycles. The molecule has 0 aromatic heterocycles. The summed E-state index contributed by atoms with van der Waals surface area (Å²) in [5.74, 6) is -0.269. The average molecular weight is 466 g/mol. The van der Waals surface area contributed by atoms with Gasteiger partial charge in [0.25, 0.3) is 10.1 Å². The molecular weight excluding hydrogens is 430 g/mol. The van der Waals surface area contributed by atoms with Crippen molar-refractivity contribution >= 4 is 27.2 Å². The highest BCUT2D eigenvalue weighted by atomic mass is 32.2. The molecule has 4 nitrogen and oxygen atoms in total. The summed E-state index contributed by atoms with van der Waals surface area (Å²) in [7, 11) is -3.97. The Hall–Kier alpha value is -2.47. The first-order valence-electron chi connectivity index (χ1n) is 11.9. The summed E-state index contributed by atoms with van der Waals surface area (Å²) < 4.78 is 31.2. The molecule has 0 heterocycles. The Morgan fingerprint density at radius 1 is 0.606 bits per heavy atom. The number of nitrogens with zero attached hydrogens (tertiary/aromatic N) is 1. The highest BCUT2D eigenvalue weighted by Crippen LogP contribution is 2.34. The Kier molecular flexibility index (Phi) is 9.24. The van der Waals surface area contributed by atoms with Crippen LogP contribution in [0.5, 0.6) is 0 Å². The van der Waals surface area contributed by atoms with Gasteiger partial charge in [0.15, 0.2) is 17.1 Å². The molecular formula is C28H35NO3S+. The fraction of sp³-hybridized carbons (Fsp3) is 0.357. The van der Waals surface area contributed by atoms with Gasteiger partial charge >= 0.3 is 0 Å². The lowest BCUT2D eigenvalue weighted by Crippen LogP contribution is -2.12. The number of unbranched alkanes of at least 4 members (excludes halogenated alkanes) is 2. The first kappa shape index (κ1) is 25.2. The van der Waals surface area contributed by atoms with Gasteiger partial charge in [0.2, 0.25) is 0 Å². The molecule has 1 radical (unpaired) electrons. The second kappa shape index (κ2) is 12.1. The third-order valence-corrected chi connectivity index (χ3v) is 6.59. The summed E-state index contributed by atoms with van der Waals surface area (Å²) in [6, 6.07) is 25.4. The van der Waals surface area contributed by atoms with E-state index < -0.39 is 10.1 Å². The fourth-order valence-electron chi connectivity index (χ4n) is 3.89. The molecule has 0 aliphatic rings. The van der Waals surface area contributed by atoms with Crippen LogP contribution in [0.2, 0.25) is 0 Å². The highest BCUT2D eigenvalue weighted by Gasteiger charge is 2.25. The summed E-state index contributed by atoms with van der Waals surface area (Å²) >= 11 is 0. The van der Waals surface area contributed by atoms with Crippen LogP contribution < -0.4 is 4.90 Å². The third kappa shape index (κ3) is 7.81. The molecule has 0 bridgehead atoms. The van der Waals surface area contributed by atoms with Gasteiger partial charge in [-0.1, -0.05) is 68.0 Å². The van der Waals surface area contributed by atoms with Crippen LogP contribution in [-0.4, -0.2) is 18.7 Å². The summed E-state index contributed by atoms with van der Waals surface area (Å²) in [5, 5.41) is 0. The van der Waals surface area contributed by atoms with Gasteiger partial charge in [-0.15, -0.1) is 0 Å². The van der Waals surface area contributed by atoms with Gasteiger partial charge in [0.1, 0.15) is 0 Å². The van der Waals surface area contributed by atoms with Crippen molar-refractivity contribution in [1.29, 1.82) is 0 Å². The number of aryl methyl sites for hydroxylation is 3. The minimum atomic E-state index is -3.97. The maximum Gasteiger partial charge on any atom is 0.265 e. The van der Waals surface area contributed by atoms with E-state index in [9.17, 15) is 8.42 Å². The van der Waals surface area contributed by atoms with Gasteiger partial charge in [-0.05, 0) is 48.8 Å². The van der Waals surface area contributed by atoms with Gasteiger partial charge in [0, 0.05) is 36.4 Å². The lowest BCUT2D eigenvalue weighted by molar-refractivity contribution is 0.482. The van der Waals surface area contributed by atoms with E-state index in [2.05, 4.69) is 67.3 Å². The maximum atomic E-state index is 11.1. The smallest absolute Gasteiger partial charge is 0.265 e. The van der Waals surface area contributed by atoms with Gasteiger partial charge in [0.05, 0.1) is 5.75 Å². The Labute approximate surface area is 199 Å². The molecule has 5 heteroatoms. The predicted molar refractivity (Wildman–Crippen MR) is 138 cm³/mol. The van der Waals surface area contributed by atoms with E-state index in [0.717, 1.165) is 35.5 Å². The SMILES string of the molecule is CCCCc1ccc([N+](c2ccc(CCCC)cc2)c2ccc(CCS(=O)(=O)O)cc2)cc1. The number of rotatable bonds is 12. The first-order chi connectivity index (χ1) is 15.9. The molecule has 0 atom stereocenters. The zero-order chi connectivity index (χ0) is 23.7. The van der Waals surface area contributed by atoms with E-state index in [1.807, 2.05) is 24.3 Å². The number of benzene rings is 3. The van der Waals surface area contributed by atoms with Crippen molar-refractivity contribution in [2.24, 2.45) is 0 Å². The molecule has 0 aliphatic carbocycles. The highest BCUT2D eigenvalue weighted by molar-refractivity contribution is 7.85. The second-order valence-electron chi connectivity index (χ2n) is 8.58. The lowest BCUT2D eigenvalue weighted by Gasteiger charge is -2.13. The molecule has 0 fully saturated rings. The molecule has 3 aromatic rings. The molecule has 3 rings (SSSR count). The van der Waals surface area contributed by atoms with Crippen molar-refractivity contribution in [3.05, 3.63) is 89.5 Å². The van der Waals surface area contributed by atoms with Gasteiger partial charge in [-0.3, -0.25) is 4.55 Å². The van der Waals surface area contributed by atoms with E-state index in [4.69, 9.17) is 4.55 Å². The zero-order valence-corrected chi connectivity index (χ0v) is 20.5. The fourth-order valence-corrected chi connectivity index (χ4v) is 4.38. The number of anilines is 3. The van der Waals surface area contributed by atoms with Crippen LogP contribution in [0, 0.1) is 0 Å². The van der Waals surface area contributed by atoms with Crippen molar-refractivity contribution in [2.45, 2.75) is 58.8 Å². The summed E-state index contributed by atoms with van der Waals surface area (Å²) in [6.07, 6.45) is 7.21. The quantitative estimate of drug-likeness (QED) is 0.227. The normalized spacial score (nSPS) is 11.8. The topological polar surface area (TPSA) is 60.3 Å². The molecule has 0 aliphatic heterocycles. The predicted octanol–water partition coefficient (Wildman–Crippen LogP) is 7.24. The van der Waals surface area contributed by atoms with Gasteiger partial charge in [-0.25, -0.2) is 0 Å². The van der Waals surface area contributed by atoms with Gasteiger partial charge < -0.3 is 0 Å². The van der Waals surface area contributed by atoms with Crippen molar-refractivity contribution < 1.29 is 13.0 Å². The van der Waals surface area contributed by atoms with Crippen molar-refractivity contribution in [3.8, 4) is 0 Å². The summed E-state index contributed by atoms with van der Waals surface area (Å²) in [6.45, 7) is 4.42. The van der Waals surface area contributed by atoms with Crippen molar-refractivity contribution in [1.82, 2.24) is 4.90 Å². The van der Waals surface area contributed by atoms with Crippen LogP contribution in [0.15, 0.2) is 72.8 Å². The largest absolute Gasteiger partial charge is 0.286 e. The van der Waals surface area contributed by atoms with Crippen LogP contribution in [0.4, 0.5) is 17.1 Å². The molecule has 175 valence electrons. The summed E-state index contributed by atoms with van der Waals surface area (Å²) in [5.41, 5.74) is 6.74. The van der Waals surface area contributed by atoms with E-state index in [1.54, 1.807) is 0 Å². The third-order valence-electron chi connectivity index (χ3n) is 5.87. The minimum absolute atomic E-state index is 0.269. The molecule has 0 saturated heterocycles. The van der Waals surface area contributed by atoms with Crippen LogP contribution in [0.25, 0.3) is 0 Å². The molecule has 0 spiro atoms. The Morgan fingerprint density at radius 3 is 1.24 bits per heavy atom. The van der Waals surface area contributed by atoms with Crippen LogP contribution in [0.3, 0.4) is 0 Å². The monoisotopic (exact) mass is 465 g/mol. The molecule has 0 amide bonds. The second-order valence-corrected chi connectivity index (χ2v) is 10.1. The lowest BCUT2D eigenvalue weighted by atomic mass is 10.1. The number of hydrogen-bond acceptors (Lipinski definition) is 3. The average Bonchev–Trinajstić information content (AvgIpc) is 2.82.